The molecule has 1 aromatic heterocycles. The SMILES string of the molecule is CCOc1ccc(C(c2ccc(Br)s2)N2CCC(C(=O)O)CC2)cc1. The normalized spacial score (nSPS) is 17.4. The summed E-state index contributed by atoms with van der Waals surface area (Å²) in [6.45, 7) is 4.23. The Hall–Kier alpha value is -1.37. The number of halogens is 1. The van der Waals surface area contributed by atoms with Crippen LogP contribution in [0.25, 0.3) is 0 Å². The monoisotopic (exact) mass is 423 g/mol. The molecule has 25 heavy (non-hydrogen) atoms. The molecule has 0 aliphatic carbocycles. The second-order valence-electron chi connectivity index (χ2n) is 6.19. The Bertz CT molecular complexity index is 708. The first kappa shape index (κ1) is 18.4. The maximum atomic E-state index is 11.2. The molecule has 2 aromatic rings. The Labute approximate surface area is 160 Å². The van der Waals surface area contributed by atoms with E-state index in [1.54, 1.807) is 11.3 Å². The minimum Gasteiger partial charge on any atom is -0.494 e. The van der Waals surface area contributed by atoms with Crippen molar-refractivity contribution in [2.75, 3.05) is 19.7 Å². The number of carboxylic acid groups (broad SMARTS) is 1. The van der Waals surface area contributed by atoms with E-state index in [0.717, 1.165) is 22.6 Å². The molecule has 1 unspecified atom stereocenters. The van der Waals surface area contributed by atoms with Crippen LogP contribution >= 0.6 is 27.3 Å². The molecule has 0 amide bonds. The molecule has 1 aromatic carbocycles. The zero-order chi connectivity index (χ0) is 17.8. The first-order valence-electron chi connectivity index (χ1n) is 8.53. The molecule has 134 valence electrons. The topological polar surface area (TPSA) is 49.8 Å². The van der Waals surface area contributed by atoms with Crippen molar-refractivity contribution in [2.45, 2.75) is 25.8 Å². The average molecular weight is 424 g/mol. The van der Waals surface area contributed by atoms with Gasteiger partial charge < -0.3 is 9.84 Å². The number of likely N-dealkylation sites (tertiary alicyclic amines) is 1. The molecule has 1 saturated heterocycles. The van der Waals surface area contributed by atoms with Crippen LogP contribution in [-0.4, -0.2) is 35.7 Å². The van der Waals surface area contributed by atoms with Crippen LogP contribution in [-0.2, 0) is 4.79 Å². The van der Waals surface area contributed by atoms with Crippen LogP contribution in [0.15, 0.2) is 40.2 Å². The highest BCUT2D eigenvalue weighted by atomic mass is 79.9. The third-order valence-corrected chi connectivity index (χ3v) is 6.29. The van der Waals surface area contributed by atoms with Crippen LogP contribution in [0.2, 0.25) is 0 Å². The highest BCUT2D eigenvalue weighted by molar-refractivity contribution is 9.11. The Morgan fingerprint density at radius 2 is 1.96 bits per heavy atom. The summed E-state index contributed by atoms with van der Waals surface area (Å²) in [5.74, 6) is -0.00890. The van der Waals surface area contributed by atoms with E-state index in [1.165, 1.54) is 10.4 Å². The number of carbonyl (C=O) groups is 1. The molecule has 1 fully saturated rings. The molecule has 1 aliphatic heterocycles. The van der Waals surface area contributed by atoms with Gasteiger partial charge in [-0.1, -0.05) is 12.1 Å². The molecule has 0 radical (unpaired) electrons. The van der Waals surface area contributed by atoms with E-state index in [-0.39, 0.29) is 12.0 Å². The lowest BCUT2D eigenvalue weighted by Gasteiger charge is -2.36. The van der Waals surface area contributed by atoms with Gasteiger partial charge in [-0.2, -0.15) is 0 Å². The van der Waals surface area contributed by atoms with E-state index >= 15 is 0 Å². The molecule has 0 bridgehead atoms. The van der Waals surface area contributed by atoms with E-state index in [9.17, 15) is 9.90 Å². The van der Waals surface area contributed by atoms with E-state index in [2.05, 4.69) is 45.1 Å². The van der Waals surface area contributed by atoms with Crippen molar-refractivity contribution in [3.63, 3.8) is 0 Å². The number of benzene rings is 1. The molecule has 2 heterocycles. The summed E-state index contributed by atoms with van der Waals surface area (Å²) in [6.07, 6.45) is 1.41. The van der Waals surface area contributed by atoms with Crippen molar-refractivity contribution in [2.24, 2.45) is 5.92 Å². The first-order chi connectivity index (χ1) is 12.1. The Morgan fingerprint density at radius 1 is 1.28 bits per heavy atom. The summed E-state index contributed by atoms with van der Waals surface area (Å²) >= 11 is 5.29. The summed E-state index contributed by atoms with van der Waals surface area (Å²) < 4.78 is 6.66. The van der Waals surface area contributed by atoms with Gasteiger partial charge in [0, 0.05) is 4.88 Å². The van der Waals surface area contributed by atoms with Gasteiger partial charge in [0.2, 0.25) is 0 Å². The van der Waals surface area contributed by atoms with Gasteiger partial charge in [0.05, 0.1) is 22.4 Å². The number of aliphatic carboxylic acids is 1. The molecule has 0 saturated carbocycles. The second kappa shape index (κ2) is 8.34. The van der Waals surface area contributed by atoms with Crippen LogP contribution in [0.1, 0.15) is 36.2 Å². The third kappa shape index (κ3) is 4.43. The molecule has 6 heteroatoms. The number of rotatable bonds is 6. The molecule has 1 aliphatic rings. The van der Waals surface area contributed by atoms with Gasteiger partial charge in [-0.25, -0.2) is 0 Å². The van der Waals surface area contributed by atoms with Gasteiger partial charge in [0.1, 0.15) is 5.75 Å². The van der Waals surface area contributed by atoms with E-state index in [4.69, 9.17) is 4.74 Å². The van der Waals surface area contributed by atoms with Crippen LogP contribution in [0.3, 0.4) is 0 Å². The van der Waals surface area contributed by atoms with Crippen molar-refractivity contribution in [1.82, 2.24) is 4.90 Å². The Kier molecular flexibility index (Phi) is 6.15. The van der Waals surface area contributed by atoms with Gasteiger partial charge in [0.15, 0.2) is 0 Å². The maximum absolute atomic E-state index is 11.2. The number of carboxylic acids is 1. The van der Waals surface area contributed by atoms with Gasteiger partial charge in [-0.3, -0.25) is 9.69 Å². The van der Waals surface area contributed by atoms with Gasteiger partial charge in [-0.05, 0) is 78.6 Å². The van der Waals surface area contributed by atoms with Crippen LogP contribution in [0, 0.1) is 5.92 Å². The standard InChI is InChI=1S/C19H22BrNO3S/c1-2-24-15-5-3-13(4-6-15)18(16-7-8-17(20)25-16)21-11-9-14(10-12-21)19(22)23/h3-8,14,18H,2,9-12H2,1H3,(H,22,23). The summed E-state index contributed by atoms with van der Waals surface area (Å²) in [6, 6.07) is 12.6. The van der Waals surface area contributed by atoms with Crippen molar-refractivity contribution in [3.8, 4) is 5.75 Å². The van der Waals surface area contributed by atoms with E-state index in [1.807, 2.05) is 19.1 Å². The molecular formula is C19H22BrNO3S. The number of piperidine rings is 1. The largest absolute Gasteiger partial charge is 0.494 e. The summed E-state index contributed by atoms with van der Waals surface area (Å²) in [5.41, 5.74) is 1.21. The molecular weight excluding hydrogens is 402 g/mol. The quantitative estimate of drug-likeness (QED) is 0.724. The number of ether oxygens (including phenoxy) is 1. The third-order valence-electron chi connectivity index (χ3n) is 4.61. The number of nitrogens with zero attached hydrogens (tertiary/aromatic N) is 1. The molecule has 3 rings (SSSR count). The highest BCUT2D eigenvalue weighted by Gasteiger charge is 2.30. The lowest BCUT2D eigenvalue weighted by molar-refractivity contribution is -0.143. The second-order valence-corrected chi connectivity index (χ2v) is 8.69. The van der Waals surface area contributed by atoms with Gasteiger partial charge in [0.25, 0.3) is 0 Å². The number of thiophene rings is 1. The molecule has 1 N–H and O–H groups in total. The number of hydrogen-bond acceptors (Lipinski definition) is 4. The minimum atomic E-state index is -0.670. The summed E-state index contributed by atoms with van der Waals surface area (Å²) in [4.78, 5) is 14.9. The fourth-order valence-corrected chi connectivity index (χ4v) is 4.93. The molecule has 1 atom stereocenters. The van der Waals surface area contributed by atoms with E-state index in [0.29, 0.717) is 19.4 Å². The Morgan fingerprint density at radius 3 is 2.48 bits per heavy atom. The minimum absolute atomic E-state index is 0.154. The fourth-order valence-electron chi connectivity index (χ4n) is 3.35. The summed E-state index contributed by atoms with van der Waals surface area (Å²) in [5, 5.41) is 9.24. The van der Waals surface area contributed by atoms with Crippen LogP contribution in [0.5, 0.6) is 5.75 Å². The van der Waals surface area contributed by atoms with Crippen LogP contribution in [0.4, 0.5) is 0 Å². The van der Waals surface area contributed by atoms with Crippen LogP contribution < -0.4 is 4.74 Å². The van der Waals surface area contributed by atoms with Gasteiger partial charge >= 0.3 is 5.97 Å². The van der Waals surface area contributed by atoms with Gasteiger partial charge in [-0.15, -0.1) is 11.3 Å². The van der Waals surface area contributed by atoms with Crippen molar-refractivity contribution < 1.29 is 14.6 Å². The zero-order valence-electron chi connectivity index (χ0n) is 14.2. The predicted molar refractivity (Wildman–Crippen MR) is 103 cm³/mol. The number of hydrogen-bond donors (Lipinski definition) is 1. The molecule has 0 spiro atoms. The predicted octanol–water partition coefficient (Wildman–Crippen LogP) is 4.80. The lowest BCUT2D eigenvalue weighted by atomic mass is 9.94. The summed E-state index contributed by atoms with van der Waals surface area (Å²) in [7, 11) is 0. The highest BCUT2D eigenvalue weighted by Crippen LogP contribution is 2.38. The smallest absolute Gasteiger partial charge is 0.306 e. The fraction of sp³-hybridized carbons (Fsp3) is 0.421. The lowest BCUT2D eigenvalue weighted by Crippen LogP contribution is -2.39. The van der Waals surface area contributed by atoms with E-state index < -0.39 is 5.97 Å². The molecule has 4 nitrogen and oxygen atoms in total. The average Bonchev–Trinajstić information content (AvgIpc) is 3.03. The zero-order valence-corrected chi connectivity index (χ0v) is 16.6. The maximum Gasteiger partial charge on any atom is 0.306 e. The van der Waals surface area contributed by atoms with Crippen molar-refractivity contribution in [3.05, 3.63) is 50.6 Å². The van der Waals surface area contributed by atoms with Crippen molar-refractivity contribution in [1.29, 1.82) is 0 Å². The van der Waals surface area contributed by atoms with Crippen molar-refractivity contribution >= 4 is 33.2 Å². The first-order valence-corrected chi connectivity index (χ1v) is 10.1. The Balaban J connectivity index is 1.84.